The number of carboxylic acid groups (broad SMARTS) is 1. The van der Waals surface area contributed by atoms with Gasteiger partial charge in [0.05, 0.1) is 0 Å². The molecule has 0 heterocycles. The van der Waals surface area contributed by atoms with E-state index < -0.39 is 5.97 Å². The Balaban J connectivity index is 4.48. The fourth-order valence-corrected chi connectivity index (χ4v) is 1.54. The molecule has 0 spiro atoms. The van der Waals surface area contributed by atoms with E-state index in [0.29, 0.717) is 13.1 Å². The normalized spacial score (nSPS) is 12.6. The molecule has 0 aliphatic heterocycles. The molecule has 0 aliphatic rings. The maximum Gasteiger partial charge on any atom is 0.323 e. The molecule has 1 amide bonds. The van der Waals surface area contributed by atoms with Crippen LogP contribution >= 0.6 is 0 Å². The third-order valence-electron chi connectivity index (χ3n) is 2.16. The second-order valence-electron chi connectivity index (χ2n) is 4.47. The highest BCUT2D eigenvalue weighted by Crippen LogP contribution is 2.05. The highest BCUT2D eigenvalue weighted by Gasteiger charge is 2.22. The van der Waals surface area contributed by atoms with E-state index >= 15 is 0 Å². The first-order chi connectivity index (χ1) is 7.38. The fraction of sp³-hybridized carbons (Fsp3) is 0.818. The van der Waals surface area contributed by atoms with E-state index in [0.717, 1.165) is 0 Å². The van der Waals surface area contributed by atoms with Crippen LogP contribution in [0.2, 0.25) is 0 Å². The third kappa shape index (κ3) is 5.70. The van der Waals surface area contributed by atoms with Crippen molar-refractivity contribution >= 4 is 11.9 Å². The minimum atomic E-state index is -0.967. The minimum absolute atomic E-state index is 0.106. The summed E-state index contributed by atoms with van der Waals surface area (Å²) in [5, 5.41) is 11.7. The van der Waals surface area contributed by atoms with E-state index in [2.05, 4.69) is 5.32 Å². The number of rotatable bonds is 7. The number of amides is 1. The average molecular weight is 230 g/mol. The van der Waals surface area contributed by atoms with Crippen LogP contribution in [0.4, 0.5) is 0 Å². The molecule has 0 saturated carbocycles. The molecular weight excluding hydrogens is 208 g/mol. The lowest BCUT2D eigenvalue weighted by Crippen LogP contribution is -2.43. The predicted octanol–water partition coefficient (Wildman–Crippen LogP) is 0.411. The smallest absolute Gasteiger partial charge is 0.323 e. The number of nitrogens with zero attached hydrogens (tertiary/aromatic N) is 1. The maximum atomic E-state index is 11.9. The van der Waals surface area contributed by atoms with Gasteiger partial charge in [0.1, 0.15) is 6.54 Å². The molecule has 0 radical (unpaired) electrons. The van der Waals surface area contributed by atoms with Gasteiger partial charge in [-0.05, 0) is 13.0 Å². The molecule has 1 atom stereocenters. The van der Waals surface area contributed by atoms with Crippen LogP contribution in [0.3, 0.4) is 0 Å². The molecule has 0 rings (SSSR count). The zero-order valence-corrected chi connectivity index (χ0v) is 10.5. The Morgan fingerprint density at radius 1 is 1.31 bits per heavy atom. The molecular formula is C11H22N2O3. The van der Waals surface area contributed by atoms with E-state index in [-0.39, 0.29) is 24.3 Å². The van der Waals surface area contributed by atoms with E-state index in [4.69, 9.17) is 5.11 Å². The second kappa shape index (κ2) is 7.22. The maximum absolute atomic E-state index is 11.9. The molecule has 0 aromatic carbocycles. The summed E-state index contributed by atoms with van der Waals surface area (Å²) < 4.78 is 0. The first kappa shape index (κ1) is 14.9. The van der Waals surface area contributed by atoms with Crippen molar-refractivity contribution in [2.45, 2.75) is 20.8 Å². The first-order valence-electron chi connectivity index (χ1n) is 5.53. The summed E-state index contributed by atoms with van der Waals surface area (Å²) in [5.74, 6) is -0.996. The number of carboxylic acids is 1. The molecule has 16 heavy (non-hydrogen) atoms. The average Bonchev–Trinajstić information content (AvgIpc) is 2.14. The standard InChI is InChI=1S/C11H22N2O3/c1-8(2)6-13(7-10(14)15)11(16)9(3)5-12-4/h8-9,12H,5-7H2,1-4H3,(H,14,15). The Kier molecular flexibility index (Phi) is 6.72. The molecule has 5 heteroatoms. The molecule has 0 saturated heterocycles. The molecule has 0 fully saturated rings. The lowest BCUT2D eigenvalue weighted by molar-refractivity contribution is -0.146. The molecule has 94 valence electrons. The van der Waals surface area contributed by atoms with Gasteiger partial charge in [-0.15, -0.1) is 0 Å². The summed E-state index contributed by atoms with van der Waals surface area (Å²) in [5.41, 5.74) is 0. The number of nitrogens with one attached hydrogen (secondary N) is 1. The van der Waals surface area contributed by atoms with Crippen molar-refractivity contribution in [2.24, 2.45) is 11.8 Å². The Morgan fingerprint density at radius 2 is 1.88 bits per heavy atom. The number of carbonyl (C=O) groups is 2. The lowest BCUT2D eigenvalue weighted by Gasteiger charge is -2.25. The van der Waals surface area contributed by atoms with E-state index in [9.17, 15) is 9.59 Å². The summed E-state index contributed by atoms with van der Waals surface area (Å²) in [6.45, 7) is 6.56. The third-order valence-corrected chi connectivity index (χ3v) is 2.16. The Hall–Kier alpha value is -1.10. The van der Waals surface area contributed by atoms with Crippen LogP contribution < -0.4 is 5.32 Å². The van der Waals surface area contributed by atoms with Crippen molar-refractivity contribution < 1.29 is 14.7 Å². The topological polar surface area (TPSA) is 69.6 Å². The van der Waals surface area contributed by atoms with Gasteiger partial charge in [-0.25, -0.2) is 0 Å². The van der Waals surface area contributed by atoms with E-state index in [1.165, 1.54) is 4.90 Å². The van der Waals surface area contributed by atoms with Gasteiger partial charge in [-0.2, -0.15) is 0 Å². The highest BCUT2D eigenvalue weighted by atomic mass is 16.4. The zero-order chi connectivity index (χ0) is 12.7. The van der Waals surface area contributed by atoms with E-state index in [1.807, 2.05) is 13.8 Å². The molecule has 0 aromatic rings. The Bertz CT molecular complexity index is 241. The fourth-order valence-electron chi connectivity index (χ4n) is 1.54. The molecule has 0 aromatic heterocycles. The van der Waals surface area contributed by atoms with E-state index in [1.54, 1.807) is 14.0 Å². The molecule has 5 nitrogen and oxygen atoms in total. The predicted molar refractivity (Wildman–Crippen MR) is 62.1 cm³/mol. The number of aliphatic carboxylic acids is 1. The lowest BCUT2D eigenvalue weighted by atomic mass is 10.1. The second-order valence-corrected chi connectivity index (χ2v) is 4.47. The highest BCUT2D eigenvalue weighted by molar-refractivity contribution is 5.83. The van der Waals surface area contributed by atoms with Crippen molar-refractivity contribution in [1.29, 1.82) is 0 Å². The zero-order valence-electron chi connectivity index (χ0n) is 10.5. The van der Waals surface area contributed by atoms with Crippen LogP contribution in [0, 0.1) is 11.8 Å². The van der Waals surface area contributed by atoms with Gasteiger partial charge < -0.3 is 15.3 Å². The number of hydrogen-bond donors (Lipinski definition) is 2. The van der Waals surface area contributed by atoms with Crippen LogP contribution in [0.15, 0.2) is 0 Å². The van der Waals surface area contributed by atoms with Crippen LogP contribution in [-0.2, 0) is 9.59 Å². The van der Waals surface area contributed by atoms with Crippen molar-refractivity contribution in [3.8, 4) is 0 Å². The Morgan fingerprint density at radius 3 is 2.25 bits per heavy atom. The summed E-state index contributed by atoms with van der Waals surface area (Å²) in [6.07, 6.45) is 0. The van der Waals surface area contributed by atoms with Gasteiger partial charge in [0.25, 0.3) is 0 Å². The molecule has 0 aliphatic carbocycles. The minimum Gasteiger partial charge on any atom is -0.480 e. The van der Waals surface area contributed by atoms with Gasteiger partial charge >= 0.3 is 5.97 Å². The van der Waals surface area contributed by atoms with Gasteiger partial charge in [0.2, 0.25) is 5.91 Å². The van der Waals surface area contributed by atoms with Gasteiger partial charge in [-0.1, -0.05) is 20.8 Å². The SMILES string of the molecule is CNCC(C)C(=O)N(CC(=O)O)CC(C)C. The van der Waals surface area contributed by atoms with Crippen molar-refractivity contribution in [3.63, 3.8) is 0 Å². The largest absolute Gasteiger partial charge is 0.480 e. The van der Waals surface area contributed by atoms with Gasteiger partial charge in [0.15, 0.2) is 0 Å². The Labute approximate surface area is 96.8 Å². The van der Waals surface area contributed by atoms with Crippen LogP contribution in [0.25, 0.3) is 0 Å². The first-order valence-corrected chi connectivity index (χ1v) is 5.53. The van der Waals surface area contributed by atoms with Gasteiger partial charge in [0, 0.05) is 19.0 Å². The number of hydrogen-bond acceptors (Lipinski definition) is 3. The van der Waals surface area contributed by atoms with Gasteiger partial charge in [-0.3, -0.25) is 9.59 Å². The van der Waals surface area contributed by atoms with Crippen molar-refractivity contribution in [3.05, 3.63) is 0 Å². The van der Waals surface area contributed by atoms with Crippen molar-refractivity contribution in [1.82, 2.24) is 10.2 Å². The molecule has 0 bridgehead atoms. The quantitative estimate of drug-likeness (QED) is 0.664. The van der Waals surface area contributed by atoms with Crippen LogP contribution in [-0.4, -0.2) is 48.6 Å². The summed E-state index contributed by atoms with van der Waals surface area (Å²) in [4.78, 5) is 24.0. The summed E-state index contributed by atoms with van der Waals surface area (Å²) >= 11 is 0. The summed E-state index contributed by atoms with van der Waals surface area (Å²) in [6, 6.07) is 0. The molecule has 2 N–H and O–H groups in total. The van der Waals surface area contributed by atoms with Crippen LogP contribution in [0.5, 0.6) is 0 Å². The monoisotopic (exact) mass is 230 g/mol. The molecule has 1 unspecified atom stereocenters. The van der Waals surface area contributed by atoms with Crippen molar-refractivity contribution in [2.75, 3.05) is 26.7 Å². The van der Waals surface area contributed by atoms with Crippen LogP contribution in [0.1, 0.15) is 20.8 Å². The number of carbonyl (C=O) groups excluding carboxylic acids is 1. The summed E-state index contributed by atoms with van der Waals surface area (Å²) in [7, 11) is 1.77.